The molecule has 9 atom stereocenters. The van der Waals surface area contributed by atoms with E-state index in [-0.39, 0.29) is 41.1 Å². The summed E-state index contributed by atoms with van der Waals surface area (Å²) in [5, 5.41) is 51.8. The Morgan fingerprint density at radius 2 is 1.85 bits per heavy atom. The summed E-state index contributed by atoms with van der Waals surface area (Å²) in [5.74, 6) is -9.08. The summed E-state index contributed by atoms with van der Waals surface area (Å²) in [5.41, 5.74) is 1.36. The van der Waals surface area contributed by atoms with Gasteiger partial charge >= 0.3 is 12.0 Å². The van der Waals surface area contributed by atoms with Crippen molar-refractivity contribution in [1.29, 1.82) is 0 Å². The van der Waals surface area contributed by atoms with Gasteiger partial charge in [-0.25, -0.2) is 4.79 Å². The number of carbonyl (C=O) groups excluding carboxylic acids is 5. The molecule has 0 bridgehead atoms. The largest absolute Gasteiger partial charge is 0.510 e. The molecule has 0 saturated carbocycles. The number of phenolic OH excluding ortho intramolecular Hbond substituents is 1. The number of benzene rings is 1. The first-order chi connectivity index (χ1) is 22.2. The first kappa shape index (κ1) is 32.8. The lowest BCUT2D eigenvalue weighted by molar-refractivity contribution is -0.181. The maximum atomic E-state index is 14.0. The van der Waals surface area contributed by atoms with E-state index in [0.717, 1.165) is 12.2 Å². The smallest absolute Gasteiger partial charge is 0.315 e. The van der Waals surface area contributed by atoms with E-state index in [9.17, 15) is 44.4 Å². The number of nitrogens with one attached hydrogen (secondary N) is 2. The number of likely N-dealkylation sites (N-methyl/N-ethyl adjacent to an activating group) is 1. The molecular weight excluding hydrogens is 632 g/mol. The van der Waals surface area contributed by atoms with Gasteiger partial charge in [0.1, 0.15) is 28.9 Å². The molecule has 15 heteroatoms. The van der Waals surface area contributed by atoms with Gasteiger partial charge in [-0.2, -0.15) is 11.8 Å². The molecule has 2 heterocycles. The van der Waals surface area contributed by atoms with Crippen LogP contribution < -0.4 is 16.4 Å². The predicted octanol–water partition coefficient (Wildman–Crippen LogP) is 0.929. The van der Waals surface area contributed by atoms with Gasteiger partial charge in [0.05, 0.1) is 29.6 Å². The number of aliphatic hydroxyl groups excluding tert-OH is 2. The van der Waals surface area contributed by atoms with Crippen LogP contribution in [0.25, 0.3) is 0 Å². The monoisotopic (exact) mass is 670 g/mol. The number of unbranched alkanes of at least 4 members (excludes halogenated alkanes) is 1. The zero-order chi connectivity index (χ0) is 34.1. The summed E-state index contributed by atoms with van der Waals surface area (Å²) < 4.78 is 6.08. The quantitative estimate of drug-likeness (QED) is 0.0887. The summed E-state index contributed by atoms with van der Waals surface area (Å²) >= 11 is 1.75. The minimum atomic E-state index is -2.99. The average molecular weight is 671 g/mol. The first-order valence-corrected chi connectivity index (χ1v) is 16.6. The van der Waals surface area contributed by atoms with Crippen molar-refractivity contribution < 1.29 is 49.1 Å². The van der Waals surface area contributed by atoms with Gasteiger partial charge in [0.15, 0.2) is 11.4 Å². The lowest BCUT2D eigenvalue weighted by atomic mass is 9.55. The Kier molecular flexibility index (Phi) is 8.29. The number of aliphatic hydroxyl groups is 3. The fourth-order valence-electron chi connectivity index (χ4n) is 8.16. The van der Waals surface area contributed by atoms with Gasteiger partial charge < -0.3 is 41.5 Å². The molecular formula is C32H38N4O10S. The summed E-state index contributed by atoms with van der Waals surface area (Å²) in [4.78, 5) is 66.9. The van der Waals surface area contributed by atoms with Gasteiger partial charge in [0, 0.05) is 28.9 Å². The third-order valence-electron chi connectivity index (χ3n) is 10.3. The second-order valence-corrected chi connectivity index (χ2v) is 14.4. The topological polar surface area (TPSA) is 229 Å². The standard InChI is InChI=1S/C32H38N4O10S/c1-12-13-7-6-8-15(37)19(13)25(39)20-18(12)27(46-17(38)10-5-4-9-16-23-14(11-47-16)34-31(44)35-23)22-24(36(2)3)26(40)21(30(33)43)29(42)32(22,45)28(20)41/h6-8,12,14,16,18,22-24,27,37,40-41,45H,4-5,9-11H2,1-3H3,(H2,33,43)(H2,34,35,44)/t12-,14?,16?,18+,22+,23?,24-,27-,32-/m0/s1. The van der Waals surface area contributed by atoms with Crippen LogP contribution in [-0.4, -0.2) is 110 Å². The average Bonchev–Trinajstić information content (AvgIpc) is 3.55. The molecule has 3 unspecified atom stereocenters. The van der Waals surface area contributed by atoms with Crippen LogP contribution in [-0.2, 0) is 19.1 Å². The summed E-state index contributed by atoms with van der Waals surface area (Å²) in [6, 6.07) is 3.01. The summed E-state index contributed by atoms with van der Waals surface area (Å²) in [6.07, 6.45) is 0.308. The molecule has 47 heavy (non-hydrogen) atoms. The third kappa shape index (κ3) is 4.97. The number of nitrogens with two attached hydrogens (primary N) is 1. The van der Waals surface area contributed by atoms with Crippen LogP contribution >= 0.6 is 11.8 Å². The second kappa shape index (κ2) is 11.9. The lowest BCUT2D eigenvalue weighted by Crippen LogP contribution is -2.69. The number of hydrogen-bond acceptors (Lipinski definition) is 12. The van der Waals surface area contributed by atoms with E-state index in [1.165, 1.54) is 25.1 Å². The van der Waals surface area contributed by atoms with Crippen molar-refractivity contribution in [2.75, 3.05) is 19.8 Å². The number of rotatable bonds is 8. The van der Waals surface area contributed by atoms with Crippen molar-refractivity contribution in [1.82, 2.24) is 15.5 Å². The van der Waals surface area contributed by atoms with Crippen LogP contribution in [0.3, 0.4) is 0 Å². The van der Waals surface area contributed by atoms with Crippen molar-refractivity contribution in [3.63, 3.8) is 0 Å². The fraction of sp³-hybridized carbons (Fsp3) is 0.531. The number of fused-ring (bicyclic) bond motifs is 4. The van der Waals surface area contributed by atoms with Gasteiger partial charge in [0.2, 0.25) is 5.78 Å². The second-order valence-electron chi connectivity index (χ2n) is 13.1. The van der Waals surface area contributed by atoms with Crippen molar-refractivity contribution in [2.24, 2.45) is 17.6 Å². The SMILES string of the molecule is C[C@H]1c2cccc(O)c2C(=O)C2=C(O)[C@]3(O)C(=O)C(C(N)=O)=C(O)[C@@H](N(C)C)[C@@H]3[C@@H](OC(=O)CCCCC3SCC4NC(=O)NC43)[C@@H]21. The summed E-state index contributed by atoms with van der Waals surface area (Å²) in [7, 11) is 3.00. The number of thioether (sulfide) groups is 1. The highest BCUT2D eigenvalue weighted by Crippen LogP contribution is 2.56. The van der Waals surface area contributed by atoms with Crippen LogP contribution in [0.5, 0.6) is 5.75 Å². The molecule has 6 rings (SSSR count). The van der Waals surface area contributed by atoms with E-state index < -0.39 is 81.6 Å². The number of nitrogens with zero attached hydrogens (tertiary/aromatic N) is 1. The highest BCUT2D eigenvalue weighted by Gasteiger charge is 2.68. The van der Waals surface area contributed by atoms with E-state index in [0.29, 0.717) is 18.4 Å². The summed E-state index contributed by atoms with van der Waals surface area (Å²) in [6.45, 7) is 1.71. The normalized spacial score (nSPS) is 34.4. The van der Waals surface area contributed by atoms with Crippen molar-refractivity contribution in [3.05, 3.63) is 52.0 Å². The van der Waals surface area contributed by atoms with Gasteiger partial charge in [-0.1, -0.05) is 25.5 Å². The van der Waals surface area contributed by atoms with Crippen LogP contribution in [0.2, 0.25) is 0 Å². The maximum absolute atomic E-state index is 14.0. The van der Waals surface area contributed by atoms with Gasteiger partial charge in [-0.15, -0.1) is 0 Å². The van der Waals surface area contributed by atoms with E-state index >= 15 is 0 Å². The number of hydrogen-bond donors (Lipinski definition) is 7. The third-order valence-corrected chi connectivity index (χ3v) is 11.8. The first-order valence-electron chi connectivity index (χ1n) is 15.5. The van der Waals surface area contributed by atoms with Crippen LogP contribution in [0, 0.1) is 11.8 Å². The number of Topliss-reactive ketones (excluding diaryl/α,β-unsaturated/α-hetero) is 2. The molecule has 8 N–H and O–H groups in total. The Bertz CT molecular complexity index is 1640. The van der Waals surface area contributed by atoms with Crippen molar-refractivity contribution in [2.45, 2.75) is 73.6 Å². The van der Waals surface area contributed by atoms with Crippen LogP contribution in [0.1, 0.15) is 54.4 Å². The highest BCUT2D eigenvalue weighted by atomic mass is 32.2. The van der Waals surface area contributed by atoms with Gasteiger partial charge in [-0.05, 0) is 44.5 Å². The number of ketones is 2. The Balaban J connectivity index is 1.35. The predicted molar refractivity (Wildman–Crippen MR) is 168 cm³/mol. The molecule has 252 valence electrons. The highest BCUT2D eigenvalue weighted by molar-refractivity contribution is 8.00. The lowest BCUT2D eigenvalue weighted by Gasteiger charge is -2.54. The number of phenols is 1. The zero-order valence-electron chi connectivity index (χ0n) is 26.1. The number of ether oxygens (including phenoxy) is 1. The molecule has 2 fully saturated rings. The number of esters is 1. The van der Waals surface area contributed by atoms with Gasteiger partial charge in [0.25, 0.3) is 5.91 Å². The molecule has 1 aromatic rings. The Morgan fingerprint density at radius 3 is 2.53 bits per heavy atom. The fourth-order valence-corrected chi connectivity index (χ4v) is 9.71. The van der Waals surface area contributed by atoms with E-state index in [2.05, 4.69) is 10.6 Å². The molecule has 5 aliphatic rings. The minimum absolute atomic E-state index is 0.0164. The molecule has 1 aromatic carbocycles. The number of amides is 3. The van der Waals surface area contributed by atoms with Crippen molar-refractivity contribution >= 4 is 41.2 Å². The van der Waals surface area contributed by atoms with E-state index in [1.807, 2.05) is 0 Å². The molecule has 0 radical (unpaired) electrons. The molecule has 3 amide bonds. The molecule has 14 nitrogen and oxygen atoms in total. The molecule has 0 aromatic heterocycles. The molecule has 0 spiro atoms. The maximum Gasteiger partial charge on any atom is 0.315 e. The van der Waals surface area contributed by atoms with E-state index in [1.54, 1.807) is 30.8 Å². The molecule has 2 aliphatic heterocycles. The minimum Gasteiger partial charge on any atom is -0.510 e. The van der Waals surface area contributed by atoms with Crippen molar-refractivity contribution in [3.8, 4) is 5.75 Å². The number of aromatic hydroxyl groups is 1. The Labute approximate surface area is 274 Å². The van der Waals surface area contributed by atoms with E-state index in [4.69, 9.17) is 10.5 Å². The number of carbonyl (C=O) groups is 5. The van der Waals surface area contributed by atoms with Gasteiger partial charge in [-0.3, -0.25) is 24.1 Å². The Morgan fingerprint density at radius 1 is 1.13 bits per heavy atom. The Hall–Kier alpha value is -4.08. The van der Waals surface area contributed by atoms with Crippen LogP contribution in [0.15, 0.2) is 40.9 Å². The number of urea groups is 1. The molecule has 2 saturated heterocycles. The zero-order valence-corrected chi connectivity index (χ0v) is 26.9. The number of primary amides is 1. The molecule has 3 aliphatic carbocycles. The van der Waals surface area contributed by atoms with Crippen LogP contribution in [0.4, 0.5) is 4.79 Å².